The highest BCUT2D eigenvalue weighted by molar-refractivity contribution is 6.42. The van der Waals surface area contributed by atoms with Gasteiger partial charge in [0.15, 0.2) is 23.3 Å². The van der Waals surface area contributed by atoms with Crippen LogP contribution in [-0.4, -0.2) is 31.8 Å². The molecule has 1 aliphatic rings. The number of ether oxygens (including phenoxy) is 2. The summed E-state index contributed by atoms with van der Waals surface area (Å²) < 4.78 is 115. The Bertz CT molecular complexity index is 1960. The highest BCUT2D eigenvalue weighted by Crippen LogP contribution is 2.41. The summed E-state index contributed by atoms with van der Waals surface area (Å²) in [7, 11) is -0.268. The van der Waals surface area contributed by atoms with Gasteiger partial charge in [-0.25, -0.2) is 26.9 Å². The Morgan fingerprint density at radius 2 is 1.19 bits per heavy atom. The third-order valence-corrected chi connectivity index (χ3v) is 7.49. The van der Waals surface area contributed by atoms with Crippen LogP contribution in [0.1, 0.15) is 40.6 Å². The molecule has 3 aromatic carbocycles. The number of hydrogen-bond donors (Lipinski definition) is 0. The Balaban J connectivity index is 1.74. The second-order valence-corrected chi connectivity index (χ2v) is 10.5. The number of halogens is 7. The lowest BCUT2D eigenvalue weighted by Crippen LogP contribution is -2.20. The molecule has 240 valence electrons. The van der Waals surface area contributed by atoms with E-state index in [9.17, 15) is 21.8 Å². The average molecular weight is 650 g/mol. The van der Waals surface area contributed by atoms with Gasteiger partial charge in [-0.15, -0.1) is 0 Å². The van der Waals surface area contributed by atoms with Gasteiger partial charge < -0.3 is 14.0 Å². The molecule has 0 radical (unpaired) electrons. The van der Waals surface area contributed by atoms with Gasteiger partial charge in [0.25, 0.3) is 0 Å². The largest absolute Gasteiger partial charge is 0.678 e. The summed E-state index contributed by atoms with van der Waals surface area (Å²) in [6, 6.07) is 15.0. The van der Waals surface area contributed by atoms with Crippen LogP contribution in [0.15, 0.2) is 83.0 Å². The van der Waals surface area contributed by atoms with Crippen LogP contribution in [-0.2, 0) is 0 Å². The first-order chi connectivity index (χ1) is 22.4. The number of aliphatic imine (C=N–C) groups is 1. The molecule has 0 aliphatic carbocycles. The number of allylic oxidation sites excluding steroid dienone is 3. The second-order valence-electron chi connectivity index (χ2n) is 10.5. The van der Waals surface area contributed by atoms with Crippen LogP contribution >= 0.6 is 0 Å². The normalized spacial score (nSPS) is 14.2. The minimum atomic E-state index is -3.28. The topological polar surface area (TPSA) is 35.8 Å². The number of nitrogens with zero attached hydrogens (tertiary/aromatic N) is 2. The Morgan fingerprint density at radius 1 is 0.702 bits per heavy atom. The van der Waals surface area contributed by atoms with Gasteiger partial charge in [0.05, 0.1) is 31.2 Å². The van der Waals surface area contributed by atoms with Gasteiger partial charge in [0, 0.05) is 17.0 Å². The molecule has 0 saturated carbocycles. The highest BCUT2D eigenvalue weighted by atomic mass is 19.2. The maximum atomic E-state index is 15.5. The number of rotatable bonds is 9. The van der Waals surface area contributed by atoms with Gasteiger partial charge in [-0.1, -0.05) is 36.4 Å². The summed E-state index contributed by atoms with van der Waals surface area (Å²) in [6.07, 6.45) is 7.64. The molecular weight excluding hydrogens is 624 g/mol. The molecule has 1 aliphatic heterocycles. The Kier molecular flexibility index (Phi) is 9.60. The summed E-state index contributed by atoms with van der Waals surface area (Å²) in [4.78, 5) is 4.43. The van der Waals surface area contributed by atoms with Crippen molar-refractivity contribution in [2.45, 2.75) is 13.8 Å². The third-order valence-electron chi connectivity index (χ3n) is 7.49. The van der Waals surface area contributed by atoms with Crippen molar-refractivity contribution in [3.8, 4) is 11.5 Å². The quantitative estimate of drug-likeness (QED) is 0.0784. The molecular formula is C35H26BF7N2O2. The minimum absolute atomic E-state index is 0.0800. The Morgan fingerprint density at radius 3 is 1.68 bits per heavy atom. The van der Waals surface area contributed by atoms with Crippen LogP contribution in [0.3, 0.4) is 0 Å². The lowest BCUT2D eigenvalue weighted by Gasteiger charge is -2.18. The predicted octanol–water partition coefficient (Wildman–Crippen LogP) is 9.33. The zero-order chi connectivity index (χ0) is 34.0. The molecule has 0 bridgehead atoms. The van der Waals surface area contributed by atoms with Crippen molar-refractivity contribution < 1.29 is 40.1 Å². The molecule has 47 heavy (non-hydrogen) atoms. The van der Waals surface area contributed by atoms with Crippen molar-refractivity contribution in [2.75, 3.05) is 14.2 Å². The fourth-order valence-corrected chi connectivity index (χ4v) is 5.18. The van der Waals surface area contributed by atoms with Gasteiger partial charge in [-0.3, -0.25) is 8.63 Å². The van der Waals surface area contributed by atoms with Crippen LogP contribution < -0.4 is 9.47 Å². The number of hydrogen-bond acceptors (Lipinski definition) is 3. The Hall–Kier alpha value is -5.26. The van der Waals surface area contributed by atoms with Crippen LogP contribution in [0.25, 0.3) is 23.8 Å². The molecule has 4 aromatic rings. The number of methoxy groups -OCH3 is 2. The molecule has 2 heterocycles. The van der Waals surface area contributed by atoms with E-state index in [4.69, 9.17) is 9.47 Å². The van der Waals surface area contributed by atoms with E-state index in [1.165, 1.54) is 52.4 Å². The summed E-state index contributed by atoms with van der Waals surface area (Å²) >= 11 is 0. The van der Waals surface area contributed by atoms with E-state index >= 15 is 8.78 Å². The van der Waals surface area contributed by atoms with E-state index in [1.54, 1.807) is 60.7 Å². The summed E-state index contributed by atoms with van der Waals surface area (Å²) in [6.45, 7) is 2.89. The maximum Gasteiger partial charge on any atom is 0.678 e. The SMILES string of the molecule is COc1ccc(/C=C\C2=NC(=C(\c3c(F)c(F)c(F)c(F)c3F)c3c(C)cc(/C=C\c4ccc(OC)cc4)n3B(F)F)/C(C)=C2)cc1. The summed E-state index contributed by atoms with van der Waals surface area (Å²) in [5.74, 6) is -9.95. The lowest BCUT2D eigenvalue weighted by molar-refractivity contribution is 0.376. The van der Waals surface area contributed by atoms with E-state index in [-0.39, 0.29) is 28.2 Å². The average Bonchev–Trinajstić information content (AvgIpc) is 3.61. The molecule has 1 aromatic heterocycles. The lowest BCUT2D eigenvalue weighted by atomic mass is 9.93. The zero-order valence-corrected chi connectivity index (χ0v) is 25.5. The number of benzene rings is 3. The first kappa shape index (κ1) is 33.1. The zero-order valence-electron chi connectivity index (χ0n) is 25.5. The third kappa shape index (κ3) is 6.54. The van der Waals surface area contributed by atoms with Crippen LogP contribution in [0, 0.1) is 36.0 Å². The molecule has 0 unspecified atom stereocenters. The minimum Gasteiger partial charge on any atom is -0.497 e. The summed E-state index contributed by atoms with van der Waals surface area (Å²) in [5, 5.41) is 0. The van der Waals surface area contributed by atoms with Gasteiger partial charge >= 0.3 is 7.40 Å². The predicted molar refractivity (Wildman–Crippen MR) is 170 cm³/mol. The van der Waals surface area contributed by atoms with Crippen LogP contribution in [0.5, 0.6) is 11.5 Å². The van der Waals surface area contributed by atoms with Gasteiger partial charge in [-0.05, 0) is 84.7 Å². The fourth-order valence-electron chi connectivity index (χ4n) is 5.18. The molecule has 12 heteroatoms. The van der Waals surface area contributed by atoms with Crippen LogP contribution in [0.2, 0.25) is 0 Å². The van der Waals surface area contributed by atoms with Crippen molar-refractivity contribution in [1.82, 2.24) is 4.48 Å². The van der Waals surface area contributed by atoms with Crippen molar-refractivity contribution in [3.05, 3.63) is 141 Å². The van der Waals surface area contributed by atoms with Crippen molar-refractivity contribution in [1.29, 1.82) is 0 Å². The second kappa shape index (κ2) is 13.6. The van der Waals surface area contributed by atoms with Gasteiger partial charge in [0.1, 0.15) is 11.5 Å². The van der Waals surface area contributed by atoms with Crippen molar-refractivity contribution in [2.24, 2.45) is 4.99 Å². The molecule has 4 nitrogen and oxygen atoms in total. The smallest absolute Gasteiger partial charge is 0.497 e. The van der Waals surface area contributed by atoms with Gasteiger partial charge in [0.2, 0.25) is 5.82 Å². The van der Waals surface area contributed by atoms with E-state index in [0.717, 1.165) is 5.56 Å². The van der Waals surface area contributed by atoms with Crippen molar-refractivity contribution in [3.63, 3.8) is 0 Å². The fraction of sp³-hybridized carbons (Fsp3) is 0.114. The van der Waals surface area contributed by atoms with E-state index in [0.29, 0.717) is 21.5 Å². The number of aryl methyl sites for hydroxylation is 1. The van der Waals surface area contributed by atoms with Crippen molar-refractivity contribution >= 4 is 36.9 Å². The molecule has 0 fully saturated rings. The Labute approximate surface area is 266 Å². The highest BCUT2D eigenvalue weighted by Gasteiger charge is 2.35. The molecule has 0 saturated heterocycles. The molecule has 0 amide bonds. The maximum absolute atomic E-state index is 15.5. The van der Waals surface area contributed by atoms with Gasteiger partial charge in [-0.2, -0.15) is 0 Å². The standard InChI is InChI=1S/C35H26BF7N2O2/c1-19-17-23(11-5-21-7-13-25(46-3)14-8-21)44-34(19)28(27-29(37)31(39)33(41)32(40)30(27)38)35-20(2)18-24(45(35)36(42)43)12-6-22-9-15-26(47-4)16-10-22/h5-18H,1-4H3/b11-5-,12-6-,34-28+. The number of aromatic nitrogens is 1. The first-order valence-electron chi connectivity index (χ1n) is 14.1. The van der Waals surface area contributed by atoms with E-state index in [2.05, 4.69) is 4.99 Å². The summed E-state index contributed by atoms with van der Waals surface area (Å²) in [5.41, 5.74) is -0.906. The van der Waals surface area contributed by atoms with Crippen LogP contribution in [0.4, 0.5) is 30.6 Å². The molecule has 0 atom stereocenters. The molecule has 0 spiro atoms. The monoisotopic (exact) mass is 650 g/mol. The molecule has 5 rings (SSSR count). The van der Waals surface area contributed by atoms with E-state index < -0.39 is 53.3 Å². The van der Waals surface area contributed by atoms with E-state index in [1.807, 2.05) is 0 Å². The molecule has 0 N–H and O–H groups in total. The first-order valence-corrected chi connectivity index (χ1v) is 14.1.